The molecule has 16 heavy (non-hydrogen) atoms. The fourth-order valence-electron chi connectivity index (χ4n) is 1.63. The molecule has 1 aromatic rings. The second-order valence-corrected chi connectivity index (χ2v) is 6.06. The summed E-state index contributed by atoms with van der Waals surface area (Å²) in [6.45, 7) is 6.64. The molecule has 0 amide bonds. The number of pyridine rings is 1. The highest BCUT2D eigenvalue weighted by Gasteiger charge is 2.29. The van der Waals surface area contributed by atoms with E-state index in [0.29, 0.717) is 6.10 Å². The average Bonchev–Trinajstić information content (AvgIpc) is 3.00. The lowest BCUT2D eigenvalue weighted by Crippen LogP contribution is -2.15. The number of thioether (sulfide) groups is 1. The van der Waals surface area contributed by atoms with Gasteiger partial charge in [-0.15, -0.1) is 11.8 Å². The molecule has 2 rings (SSSR count). The van der Waals surface area contributed by atoms with E-state index in [1.165, 1.54) is 18.4 Å². The van der Waals surface area contributed by atoms with Crippen LogP contribution in [0.25, 0.3) is 0 Å². The summed E-state index contributed by atoms with van der Waals surface area (Å²) in [6, 6.07) is 2.08. The second kappa shape index (κ2) is 4.28. The zero-order chi connectivity index (χ0) is 11.8. The molecule has 1 saturated carbocycles. The van der Waals surface area contributed by atoms with Crippen molar-refractivity contribution in [2.75, 3.05) is 6.26 Å². The zero-order valence-electron chi connectivity index (χ0n) is 10.4. The normalized spacial score (nSPS) is 16.2. The Morgan fingerprint density at radius 1 is 1.38 bits per heavy atom. The molecule has 88 valence electrons. The maximum atomic E-state index is 6.02. The van der Waals surface area contributed by atoms with Crippen LogP contribution in [0.15, 0.2) is 17.3 Å². The summed E-state index contributed by atoms with van der Waals surface area (Å²) < 4.78 is 6.02. The molecular formula is C13H19NOS. The van der Waals surface area contributed by atoms with Gasteiger partial charge in [-0.2, -0.15) is 0 Å². The molecule has 0 unspecified atom stereocenters. The van der Waals surface area contributed by atoms with Crippen LogP contribution in [0.1, 0.15) is 39.2 Å². The van der Waals surface area contributed by atoms with Crippen LogP contribution >= 0.6 is 11.8 Å². The summed E-state index contributed by atoms with van der Waals surface area (Å²) in [6.07, 6.45) is 6.73. The average molecular weight is 237 g/mol. The number of ether oxygens (including phenoxy) is 1. The van der Waals surface area contributed by atoms with E-state index in [1.807, 2.05) is 6.20 Å². The Bertz CT molecular complexity index is 380. The molecule has 3 heteroatoms. The minimum atomic E-state index is 0.109. The fraction of sp³-hybridized carbons (Fsp3) is 0.615. The van der Waals surface area contributed by atoms with Crippen LogP contribution in [0.2, 0.25) is 0 Å². The maximum Gasteiger partial charge on any atom is 0.155 e. The predicted molar refractivity (Wildman–Crippen MR) is 68.4 cm³/mol. The number of nitrogens with zero attached hydrogens (tertiary/aromatic N) is 1. The first kappa shape index (κ1) is 11.8. The Hall–Kier alpha value is -0.700. The van der Waals surface area contributed by atoms with Gasteiger partial charge >= 0.3 is 0 Å². The third-order valence-corrected chi connectivity index (χ3v) is 3.36. The Morgan fingerprint density at radius 3 is 2.56 bits per heavy atom. The van der Waals surface area contributed by atoms with Crippen molar-refractivity contribution in [3.05, 3.63) is 17.8 Å². The molecule has 2 nitrogen and oxygen atoms in total. The number of rotatable bonds is 3. The van der Waals surface area contributed by atoms with Crippen LogP contribution in [0.5, 0.6) is 5.75 Å². The predicted octanol–water partition coefficient (Wildman–Crippen LogP) is 3.64. The largest absolute Gasteiger partial charge is 0.487 e. The minimum Gasteiger partial charge on any atom is -0.487 e. The molecule has 0 spiro atoms. The van der Waals surface area contributed by atoms with Crippen molar-refractivity contribution in [3.63, 3.8) is 0 Å². The molecule has 0 atom stereocenters. The number of hydrogen-bond acceptors (Lipinski definition) is 3. The first-order valence-electron chi connectivity index (χ1n) is 5.72. The standard InChI is InChI=1S/C13H19NOS/c1-13(2,3)10-7-8-14-12(16-4)11(10)15-9-5-6-9/h7-9H,5-6H2,1-4H3. The minimum absolute atomic E-state index is 0.109. The Morgan fingerprint density at radius 2 is 2.06 bits per heavy atom. The molecule has 0 aliphatic heterocycles. The first-order valence-corrected chi connectivity index (χ1v) is 6.95. The first-order chi connectivity index (χ1) is 7.52. The van der Waals surface area contributed by atoms with Crippen molar-refractivity contribution in [1.82, 2.24) is 4.98 Å². The van der Waals surface area contributed by atoms with Gasteiger partial charge in [0.1, 0.15) is 5.03 Å². The van der Waals surface area contributed by atoms with E-state index in [1.54, 1.807) is 11.8 Å². The summed E-state index contributed by atoms with van der Waals surface area (Å²) in [5.41, 5.74) is 1.37. The molecule has 1 aliphatic carbocycles. The third kappa shape index (κ3) is 2.51. The van der Waals surface area contributed by atoms with Crippen LogP contribution in [0.4, 0.5) is 0 Å². The van der Waals surface area contributed by atoms with Gasteiger partial charge in [-0.05, 0) is 30.6 Å². The summed E-state index contributed by atoms with van der Waals surface area (Å²) in [5.74, 6) is 1.00. The molecule has 1 aliphatic rings. The lowest BCUT2D eigenvalue weighted by Gasteiger charge is -2.23. The Labute approximate surface area is 102 Å². The quantitative estimate of drug-likeness (QED) is 0.749. The van der Waals surface area contributed by atoms with Gasteiger partial charge in [0.15, 0.2) is 5.75 Å². The molecule has 0 aromatic carbocycles. The summed E-state index contributed by atoms with van der Waals surface area (Å²) in [4.78, 5) is 4.39. The smallest absolute Gasteiger partial charge is 0.155 e. The van der Waals surface area contributed by atoms with Crippen LogP contribution in [-0.2, 0) is 5.41 Å². The fourth-order valence-corrected chi connectivity index (χ4v) is 2.14. The summed E-state index contributed by atoms with van der Waals surface area (Å²) >= 11 is 1.66. The van der Waals surface area contributed by atoms with E-state index >= 15 is 0 Å². The highest BCUT2D eigenvalue weighted by atomic mass is 32.2. The van der Waals surface area contributed by atoms with E-state index in [9.17, 15) is 0 Å². The molecule has 1 heterocycles. The van der Waals surface area contributed by atoms with Gasteiger partial charge in [-0.1, -0.05) is 20.8 Å². The van der Waals surface area contributed by atoms with Crippen molar-refractivity contribution in [1.29, 1.82) is 0 Å². The van der Waals surface area contributed by atoms with Crippen LogP contribution in [-0.4, -0.2) is 17.3 Å². The van der Waals surface area contributed by atoms with Gasteiger partial charge in [0, 0.05) is 11.8 Å². The zero-order valence-corrected chi connectivity index (χ0v) is 11.2. The van der Waals surface area contributed by atoms with Gasteiger partial charge in [0.25, 0.3) is 0 Å². The molecular weight excluding hydrogens is 218 g/mol. The van der Waals surface area contributed by atoms with Gasteiger partial charge in [0.05, 0.1) is 6.10 Å². The van der Waals surface area contributed by atoms with Crippen LogP contribution in [0, 0.1) is 0 Å². The molecule has 0 saturated heterocycles. The number of aromatic nitrogens is 1. The topological polar surface area (TPSA) is 22.1 Å². The van der Waals surface area contributed by atoms with Crippen molar-refractivity contribution < 1.29 is 4.74 Å². The molecule has 0 bridgehead atoms. The van der Waals surface area contributed by atoms with E-state index in [4.69, 9.17) is 4.74 Å². The number of hydrogen-bond donors (Lipinski definition) is 0. The van der Waals surface area contributed by atoms with Gasteiger partial charge in [0.2, 0.25) is 0 Å². The monoisotopic (exact) mass is 237 g/mol. The van der Waals surface area contributed by atoms with Gasteiger partial charge in [-0.3, -0.25) is 0 Å². The van der Waals surface area contributed by atoms with Gasteiger partial charge in [-0.25, -0.2) is 4.98 Å². The molecule has 0 N–H and O–H groups in total. The molecule has 0 radical (unpaired) electrons. The molecule has 1 fully saturated rings. The van der Waals surface area contributed by atoms with Crippen molar-refractivity contribution >= 4 is 11.8 Å². The van der Waals surface area contributed by atoms with Gasteiger partial charge < -0.3 is 4.74 Å². The van der Waals surface area contributed by atoms with Crippen LogP contribution in [0.3, 0.4) is 0 Å². The summed E-state index contributed by atoms with van der Waals surface area (Å²) in [5, 5.41) is 1.01. The van der Waals surface area contributed by atoms with E-state index in [2.05, 4.69) is 38.1 Å². The Kier molecular flexibility index (Phi) is 3.15. The second-order valence-electron chi connectivity index (χ2n) is 5.26. The SMILES string of the molecule is CSc1nccc(C(C)(C)C)c1OC1CC1. The lowest BCUT2D eigenvalue weighted by molar-refractivity contribution is 0.285. The lowest BCUT2D eigenvalue weighted by atomic mass is 9.87. The summed E-state index contributed by atoms with van der Waals surface area (Å²) in [7, 11) is 0. The maximum absolute atomic E-state index is 6.02. The van der Waals surface area contributed by atoms with Crippen molar-refractivity contribution in [2.24, 2.45) is 0 Å². The highest BCUT2D eigenvalue weighted by molar-refractivity contribution is 7.98. The van der Waals surface area contributed by atoms with E-state index in [0.717, 1.165) is 10.8 Å². The van der Waals surface area contributed by atoms with Crippen LogP contribution < -0.4 is 4.74 Å². The third-order valence-electron chi connectivity index (χ3n) is 2.68. The Balaban J connectivity index is 2.41. The van der Waals surface area contributed by atoms with E-state index < -0.39 is 0 Å². The highest BCUT2D eigenvalue weighted by Crippen LogP contribution is 2.39. The van der Waals surface area contributed by atoms with Crippen molar-refractivity contribution in [2.45, 2.75) is 50.2 Å². The van der Waals surface area contributed by atoms with Crippen molar-refractivity contribution in [3.8, 4) is 5.75 Å². The van der Waals surface area contributed by atoms with E-state index in [-0.39, 0.29) is 5.41 Å². The molecule has 1 aromatic heterocycles.